The van der Waals surface area contributed by atoms with E-state index in [0.717, 1.165) is 12.8 Å². The molecule has 4 nitrogen and oxygen atoms in total. The minimum absolute atomic E-state index is 0.228. The van der Waals surface area contributed by atoms with Crippen LogP contribution in [0.5, 0.6) is 0 Å². The van der Waals surface area contributed by atoms with Crippen molar-refractivity contribution < 1.29 is 22.8 Å². The Hall–Kier alpha value is -2.31. The monoisotopic (exact) mass is 340 g/mol. The summed E-state index contributed by atoms with van der Waals surface area (Å²) in [5.74, 6) is -1.74. The second kappa shape index (κ2) is 7.99. The Kier molecular flexibility index (Phi) is 6.00. The Morgan fingerprint density at radius 1 is 1.12 bits per heavy atom. The number of hydrogen-bond acceptors (Lipinski definition) is 2. The quantitative estimate of drug-likeness (QED) is 0.806. The lowest BCUT2D eigenvalue weighted by Crippen LogP contribution is -2.36. The van der Waals surface area contributed by atoms with Crippen LogP contribution in [0.25, 0.3) is 0 Å². The highest BCUT2D eigenvalue weighted by atomic mass is 19.4. The molecule has 1 saturated carbocycles. The molecular weight excluding hydrogens is 321 g/mol. The van der Waals surface area contributed by atoms with E-state index in [4.69, 9.17) is 0 Å². The van der Waals surface area contributed by atoms with Gasteiger partial charge in [-0.3, -0.25) is 9.59 Å². The van der Waals surface area contributed by atoms with Gasteiger partial charge in [0.15, 0.2) is 0 Å². The minimum atomic E-state index is -4.89. The first-order valence-electron chi connectivity index (χ1n) is 7.78. The zero-order valence-electron chi connectivity index (χ0n) is 13.0. The van der Waals surface area contributed by atoms with Gasteiger partial charge in [-0.2, -0.15) is 13.2 Å². The number of carbonyl (C=O) groups excluding carboxylic acids is 2. The van der Waals surface area contributed by atoms with Crippen molar-refractivity contribution in [3.05, 3.63) is 42.0 Å². The smallest absolute Gasteiger partial charge is 0.344 e. The van der Waals surface area contributed by atoms with Crippen molar-refractivity contribution in [2.24, 2.45) is 5.92 Å². The van der Waals surface area contributed by atoms with Gasteiger partial charge in [-0.25, -0.2) is 0 Å². The number of amides is 2. The molecule has 2 rings (SSSR count). The molecule has 130 valence electrons. The van der Waals surface area contributed by atoms with Gasteiger partial charge < -0.3 is 10.6 Å². The molecular formula is C17H19F3N2O2. The number of halogens is 3. The molecule has 0 atom stereocenters. The first-order chi connectivity index (χ1) is 11.3. The molecule has 0 aliphatic heterocycles. The van der Waals surface area contributed by atoms with Crippen LogP contribution < -0.4 is 10.6 Å². The maximum absolute atomic E-state index is 12.1. The molecule has 7 heteroatoms. The fraction of sp³-hybridized carbons (Fsp3) is 0.412. The first-order valence-corrected chi connectivity index (χ1v) is 7.78. The van der Waals surface area contributed by atoms with Gasteiger partial charge in [0.05, 0.1) is 0 Å². The van der Waals surface area contributed by atoms with E-state index in [1.54, 1.807) is 29.6 Å². The number of hydrogen-bond donors (Lipinski definition) is 2. The Morgan fingerprint density at radius 2 is 1.75 bits per heavy atom. The molecule has 0 unspecified atom stereocenters. The van der Waals surface area contributed by atoms with Crippen LogP contribution in [0.3, 0.4) is 0 Å². The minimum Gasteiger partial charge on any atom is -0.344 e. The van der Waals surface area contributed by atoms with Crippen LogP contribution in [-0.2, 0) is 16.1 Å². The summed E-state index contributed by atoms with van der Waals surface area (Å²) in [6, 6.07) is 6.26. The second-order valence-corrected chi connectivity index (χ2v) is 5.77. The summed E-state index contributed by atoms with van der Waals surface area (Å²) < 4.78 is 36.2. The van der Waals surface area contributed by atoms with Crippen molar-refractivity contribution in [3.8, 4) is 0 Å². The third kappa shape index (κ3) is 5.72. The van der Waals surface area contributed by atoms with E-state index in [9.17, 15) is 22.8 Å². The number of alkyl halides is 3. The summed E-state index contributed by atoms with van der Waals surface area (Å²) in [4.78, 5) is 22.5. The predicted molar refractivity (Wildman–Crippen MR) is 84.1 cm³/mol. The highest BCUT2D eigenvalue weighted by Gasteiger charge is 2.38. The van der Waals surface area contributed by atoms with Crippen molar-refractivity contribution in [1.29, 1.82) is 0 Å². The summed E-state index contributed by atoms with van der Waals surface area (Å²) in [6.07, 6.45) is 3.17. The van der Waals surface area contributed by atoms with Gasteiger partial charge in [0.1, 0.15) is 0 Å². The SMILES string of the molecule is O=C(/C=C/C1CCCC1)Nc1ccc(CNC(=O)C(F)(F)F)cc1. The first kappa shape index (κ1) is 18.0. The van der Waals surface area contributed by atoms with Crippen LogP contribution in [0, 0.1) is 5.92 Å². The predicted octanol–water partition coefficient (Wildman–Crippen LogP) is 3.55. The van der Waals surface area contributed by atoms with Gasteiger partial charge in [-0.05, 0) is 42.5 Å². The van der Waals surface area contributed by atoms with E-state index in [-0.39, 0.29) is 12.5 Å². The molecule has 0 radical (unpaired) electrons. The van der Waals surface area contributed by atoms with Crippen LogP contribution in [-0.4, -0.2) is 18.0 Å². The fourth-order valence-corrected chi connectivity index (χ4v) is 2.55. The highest BCUT2D eigenvalue weighted by Crippen LogP contribution is 2.25. The van der Waals surface area contributed by atoms with Gasteiger partial charge in [-0.15, -0.1) is 0 Å². The number of rotatable bonds is 5. The van der Waals surface area contributed by atoms with Gasteiger partial charge in [0.25, 0.3) is 0 Å². The molecule has 0 aromatic heterocycles. The average Bonchev–Trinajstić information content (AvgIpc) is 3.04. The lowest BCUT2D eigenvalue weighted by Gasteiger charge is -2.08. The molecule has 1 aliphatic carbocycles. The van der Waals surface area contributed by atoms with Crippen molar-refractivity contribution in [1.82, 2.24) is 5.32 Å². The zero-order chi connectivity index (χ0) is 17.6. The summed E-state index contributed by atoms with van der Waals surface area (Å²) in [5.41, 5.74) is 1.05. The Balaban J connectivity index is 1.81. The van der Waals surface area contributed by atoms with E-state index in [0.29, 0.717) is 17.2 Å². The van der Waals surface area contributed by atoms with E-state index < -0.39 is 12.1 Å². The van der Waals surface area contributed by atoms with E-state index in [1.807, 2.05) is 6.08 Å². The maximum atomic E-state index is 12.1. The van der Waals surface area contributed by atoms with Crippen LogP contribution in [0.4, 0.5) is 18.9 Å². The number of carbonyl (C=O) groups is 2. The third-order valence-electron chi connectivity index (χ3n) is 3.85. The summed E-state index contributed by atoms with van der Waals surface area (Å²) in [6.45, 7) is -0.228. The highest BCUT2D eigenvalue weighted by molar-refractivity contribution is 5.99. The van der Waals surface area contributed by atoms with Crippen molar-refractivity contribution in [2.75, 3.05) is 5.32 Å². The number of allylic oxidation sites excluding steroid dienone is 1. The standard InChI is InChI=1S/C17H19F3N2O2/c18-17(19,20)16(24)21-11-13-5-8-14(9-6-13)22-15(23)10-7-12-3-1-2-4-12/h5-10,12H,1-4,11H2,(H,21,24)(H,22,23)/b10-7+. The molecule has 1 aromatic carbocycles. The molecule has 0 bridgehead atoms. The average molecular weight is 340 g/mol. The topological polar surface area (TPSA) is 58.2 Å². The lowest BCUT2D eigenvalue weighted by molar-refractivity contribution is -0.173. The number of anilines is 1. The van der Waals surface area contributed by atoms with Crippen LogP contribution in [0.2, 0.25) is 0 Å². The van der Waals surface area contributed by atoms with Crippen molar-refractivity contribution in [2.45, 2.75) is 38.4 Å². The molecule has 0 heterocycles. The molecule has 0 saturated heterocycles. The summed E-state index contributed by atoms with van der Waals surface area (Å²) in [7, 11) is 0. The van der Waals surface area contributed by atoms with Crippen molar-refractivity contribution >= 4 is 17.5 Å². The van der Waals surface area contributed by atoms with E-state index in [1.165, 1.54) is 18.9 Å². The molecule has 0 spiro atoms. The van der Waals surface area contributed by atoms with Crippen LogP contribution >= 0.6 is 0 Å². The Labute approximate surface area is 138 Å². The second-order valence-electron chi connectivity index (χ2n) is 5.77. The summed E-state index contributed by atoms with van der Waals surface area (Å²) in [5, 5.41) is 4.48. The van der Waals surface area contributed by atoms with Crippen LogP contribution in [0.1, 0.15) is 31.2 Å². The molecule has 2 N–H and O–H groups in total. The number of benzene rings is 1. The Bertz CT molecular complexity index is 603. The number of nitrogens with one attached hydrogen (secondary N) is 2. The van der Waals surface area contributed by atoms with Gasteiger partial charge >= 0.3 is 12.1 Å². The van der Waals surface area contributed by atoms with E-state index in [2.05, 4.69) is 5.32 Å². The normalized spacial score (nSPS) is 15.6. The molecule has 1 fully saturated rings. The van der Waals surface area contributed by atoms with Gasteiger partial charge in [-0.1, -0.05) is 31.1 Å². The van der Waals surface area contributed by atoms with E-state index >= 15 is 0 Å². The molecule has 1 aliphatic rings. The lowest BCUT2D eigenvalue weighted by atomic mass is 10.1. The third-order valence-corrected chi connectivity index (χ3v) is 3.85. The van der Waals surface area contributed by atoms with Gasteiger partial charge in [0, 0.05) is 12.2 Å². The maximum Gasteiger partial charge on any atom is 0.471 e. The Morgan fingerprint density at radius 3 is 2.33 bits per heavy atom. The fourth-order valence-electron chi connectivity index (χ4n) is 2.55. The summed E-state index contributed by atoms with van der Waals surface area (Å²) >= 11 is 0. The molecule has 2 amide bonds. The molecule has 1 aromatic rings. The van der Waals surface area contributed by atoms with Gasteiger partial charge in [0.2, 0.25) is 5.91 Å². The van der Waals surface area contributed by atoms with Crippen molar-refractivity contribution in [3.63, 3.8) is 0 Å². The largest absolute Gasteiger partial charge is 0.471 e. The molecule has 24 heavy (non-hydrogen) atoms. The van der Waals surface area contributed by atoms with Crippen LogP contribution in [0.15, 0.2) is 36.4 Å². The zero-order valence-corrected chi connectivity index (χ0v) is 13.0.